The molecule has 0 aromatic heterocycles. The lowest BCUT2D eigenvalue weighted by Gasteiger charge is -2.10. The Morgan fingerprint density at radius 3 is 2.35 bits per heavy atom. The van der Waals surface area contributed by atoms with Crippen molar-refractivity contribution in [3.63, 3.8) is 0 Å². The molecule has 20 heavy (non-hydrogen) atoms. The summed E-state index contributed by atoms with van der Waals surface area (Å²) in [6.45, 7) is 1.65. The molecule has 2 rings (SSSR count). The van der Waals surface area contributed by atoms with Crippen molar-refractivity contribution in [2.24, 2.45) is 0 Å². The molecule has 0 saturated heterocycles. The van der Waals surface area contributed by atoms with Crippen molar-refractivity contribution in [3.8, 4) is 0 Å². The average molecular weight is 273 g/mol. The van der Waals surface area contributed by atoms with E-state index in [2.05, 4.69) is 5.32 Å². The average Bonchev–Trinajstić information content (AvgIpc) is 2.39. The lowest BCUT2D eigenvalue weighted by Crippen LogP contribution is -2.15. The van der Waals surface area contributed by atoms with Crippen molar-refractivity contribution in [1.29, 1.82) is 0 Å². The standard InChI is InChI=1S/C15H12FNO3/c1-9-3-2-4-12(13(9)15(19)20)17-14(18)10-5-7-11(16)8-6-10/h2-8H,1H3,(H,17,18)(H,19,20). The van der Waals surface area contributed by atoms with E-state index in [-0.39, 0.29) is 16.8 Å². The number of carboxylic acid groups (broad SMARTS) is 1. The van der Waals surface area contributed by atoms with E-state index in [9.17, 15) is 14.0 Å². The van der Waals surface area contributed by atoms with Gasteiger partial charge in [0, 0.05) is 5.56 Å². The van der Waals surface area contributed by atoms with E-state index in [0.717, 1.165) is 0 Å². The fourth-order valence-electron chi connectivity index (χ4n) is 1.85. The number of anilines is 1. The first-order chi connectivity index (χ1) is 9.49. The van der Waals surface area contributed by atoms with Crippen LogP contribution in [-0.4, -0.2) is 17.0 Å². The minimum atomic E-state index is -1.11. The number of benzene rings is 2. The number of amides is 1. The van der Waals surface area contributed by atoms with Crippen LogP contribution in [0.15, 0.2) is 42.5 Å². The highest BCUT2D eigenvalue weighted by molar-refractivity contribution is 6.08. The minimum Gasteiger partial charge on any atom is -0.478 e. The van der Waals surface area contributed by atoms with Crippen molar-refractivity contribution >= 4 is 17.6 Å². The minimum absolute atomic E-state index is 0.0444. The second kappa shape index (κ2) is 5.52. The molecule has 0 radical (unpaired) electrons. The Labute approximate surface area is 114 Å². The third-order valence-electron chi connectivity index (χ3n) is 2.84. The molecule has 2 aromatic carbocycles. The highest BCUT2D eigenvalue weighted by Gasteiger charge is 2.15. The van der Waals surface area contributed by atoms with Crippen molar-refractivity contribution < 1.29 is 19.1 Å². The molecule has 0 unspecified atom stereocenters. The van der Waals surface area contributed by atoms with Crippen LogP contribution in [0.1, 0.15) is 26.3 Å². The van der Waals surface area contributed by atoms with E-state index in [1.807, 2.05) is 0 Å². The van der Waals surface area contributed by atoms with Crippen LogP contribution in [0, 0.1) is 12.7 Å². The topological polar surface area (TPSA) is 66.4 Å². The highest BCUT2D eigenvalue weighted by Crippen LogP contribution is 2.20. The van der Waals surface area contributed by atoms with Crippen molar-refractivity contribution in [2.75, 3.05) is 5.32 Å². The molecule has 0 aliphatic carbocycles. The van der Waals surface area contributed by atoms with Gasteiger partial charge in [-0.15, -0.1) is 0 Å². The Bertz CT molecular complexity index is 665. The van der Waals surface area contributed by atoms with E-state index in [1.54, 1.807) is 19.1 Å². The number of carbonyl (C=O) groups is 2. The van der Waals surface area contributed by atoms with Gasteiger partial charge in [0.25, 0.3) is 5.91 Å². The zero-order valence-electron chi connectivity index (χ0n) is 10.7. The molecular weight excluding hydrogens is 261 g/mol. The Morgan fingerprint density at radius 1 is 1.10 bits per heavy atom. The number of aromatic carboxylic acids is 1. The lowest BCUT2D eigenvalue weighted by atomic mass is 10.1. The molecule has 0 aliphatic heterocycles. The Kier molecular flexibility index (Phi) is 3.79. The number of aryl methyl sites for hydroxylation is 1. The van der Waals surface area contributed by atoms with E-state index in [4.69, 9.17) is 5.11 Å². The van der Waals surface area contributed by atoms with Crippen LogP contribution in [0.2, 0.25) is 0 Å². The van der Waals surface area contributed by atoms with Gasteiger partial charge in [0.15, 0.2) is 0 Å². The molecule has 4 nitrogen and oxygen atoms in total. The van der Waals surface area contributed by atoms with Gasteiger partial charge in [-0.25, -0.2) is 9.18 Å². The van der Waals surface area contributed by atoms with Gasteiger partial charge in [0.2, 0.25) is 0 Å². The molecule has 0 spiro atoms. The van der Waals surface area contributed by atoms with Gasteiger partial charge in [-0.1, -0.05) is 12.1 Å². The molecule has 0 aliphatic rings. The summed E-state index contributed by atoms with van der Waals surface area (Å²) in [5.41, 5.74) is 1.06. The monoisotopic (exact) mass is 273 g/mol. The number of hydrogen-bond donors (Lipinski definition) is 2. The summed E-state index contributed by atoms with van der Waals surface area (Å²) >= 11 is 0. The first kappa shape index (κ1) is 13.7. The van der Waals surface area contributed by atoms with Crippen molar-refractivity contribution in [1.82, 2.24) is 0 Å². The number of nitrogens with one attached hydrogen (secondary N) is 1. The SMILES string of the molecule is Cc1cccc(NC(=O)c2ccc(F)cc2)c1C(=O)O. The van der Waals surface area contributed by atoms with Gasteiger partial charge in [0.1, 0.15) is 5.82 Å². The van der Waals surface area contributed by atoms with Crippen LogP contribution in [0.25, 0.3) is 0 Å². The molecule has 0 bridgehead atoms. The molecule has 2 N–H and O–H groups in total. The Hall–Kier alpha value is -2.69. The van der Waals surface area contributed by atoms with Crippen LogP contribution < -0.4 is 5.32 Å². The molecule has 102 valence electrons. The third kappa shape index (κ3) is 2.83. The molecule has 2 aromatic rings. The zero-order chi connectivity index (χ0) is 14.7. The first-order valence-electron chi connectivity index (χ1n) is 5.89. The molecule has 0 heterocycles. The van der Waals surface area contributed by atoms with Gasteiger partial charge in [-0.2, -0.15) is 0 Å². The summed E-state index contributed by atoms with van der Waals surface area (Å²) in [4.78, 5) is 23.2. The Morgan fingerprint density at radius 2 is 1.75 bits per heavy atom. The maximum absolute atomic E-state index is 12.8. The van der Waals surface area contributed by atoms with Gasteiger partial charge in [-0.3, -0.25) is 4.79 Å². The predicted molar refractivity (Wildman–Crippen MR) is 72.5 cm³/mol. The quantitative estimate of drug-likeness (QED) is 0.903. The third-order valence-corrected chi connectivity index (χ3v) is 2.84. The molecule has 5 heteroatoms. The fourth-order valence-corrected chi connectivity index (χ4v) is 1.85. The molecular formula is C15H12FNO3. The molecule has 1 amide bonds. The molecule has 0 atom stereocenters. The summed E-state index contributed by atoms with van der Waals surface area (Å²) < 4.78 is 12.8. The van der Waals surface area contributed by atoms with Crippen molar-refractivity contribution in [2.45, 2.75) is 6.92 Å². The van der Waals surface area contributed by atoms with Crippen molar-refractivity contribution in [3.05, 3.63) is 65.0 Å². The number of carboxylic acids is 1. The van der Waals surface area contributed by atoms with Crippen LogP contribution >= 0.6 is 0 Å². The highest BCUT2D eigenvalue weighted by atomic mass is 19.1. The largest absolute Gasteiger partial charge is 0.478 e. The zero-order valence-corrected chi connectivity index (χ0v) is 10.7. The predicted octanol–water partition coefficient (Wildman–Crippen LogP) is 3.08. The van der Waals surface area contributed by atoms with Gasteiger partial charge >= 0.3 is 5.97 Å². The smallest absolute Gasteiger partial charge is 0.338 e. The van der Waals surface area contributed by atoms with Crippen LogP contribution in [0.4, 0.5) is 10.1 Å². The number of hydrogen-bond acceptors (Lipinski definition) is 2. The normalized spacial score (nSPS) is 10.1. The second-order valence-corrected chi connectivity index (χ2v) is 4.26. The first-order valence-corrected chi connectivity index (χ1v) is 5.89. The van der Waals surface area contributed by atoms with E-state index < -0.39 is 17.7 Å². The van der Waals surface area contributed by atoms with E-state index in [0.29, 0.717) is 5.56 Å². The fraction of sp³-hybridized carbons (Fsp3) is 0.0667. The van der Waals surface area contributed by atoms with E-state index in [1.165, 1.54) is 30.3 Å². The maximum Gasteiger partial charge on any atom is 0.338 e. The van der Waals surface area contributed by atoms with Gasteiger partial charge < -0.3 is 10.4 Å². The van der Waals surface area contributed by atoms with Crippen LogP contribution in [0.5, 0.6) is 0 Å². The summed E-state index contributed by atoms with van der Waals surface area (Å²) in [6, 6.07) is 9.82. The summed E-state index contributed by atoms with van der Waals surface area (Å²) in [5.74, 6) is -2.04. The second-order valence-electron chi connectivity index (χ2n) is 4.26. The molecule has 0 fully saturated rings. The molecule has 0 saturated carbocycles. The van der Waals surface area contributed by atoms with Crippen LogP contribution in [0.3, 0.4) is 0 Å². The summed E-state index contributed by atoms with van der Waals surface area (Å²) in [7, 11) is 0. The number of carbonyl (C=O) groups excluding carboxylic acids is 1. The van der Waals surface area contributed by atoms with Gasteiger partial charge in [-0.05, 0) is 42.8 Å². The summed E-state index contributed by atoms with van der Waals surface area (Å²) in [5, 5.41) is 11.7. The summed E-state index contributed by atoms with van der Waals surface area (Å²) in [6.07, 6.45) is 0. The van der Waals surface area contributed by atoms with Crippen LogP contribution in [-0.2, 0) is 0 Å². The maximum atomic E-state index is 12.8. The number of rotatable bonds is 3. The number of halogens is 1. The Balaban J connectivity index is 2.30. The lowest BCUT2D eigenvalue weighted by molar-refractivity contribution is 0.0697. The van der Waals surface area contributed by atoms with E-state index >= 15 is 0 Å². The van der Waals surface area contributed by atoms with Gasteiger partial charge in [0.05, 0.1) is 11.3 Å².